The molecule has 110 valence electrons. The SMILES string of the molecule is CC(C)c1ccc(CSC(=O)N2CCCCCC2)cc1. The van der Waals surface area contributed by atoms with E-state index in [2.05, 4.69) is 38.1 Å². The first-order valence-corrected chi connectivity index (χ1v) is 8.66. The van der Waals surface area contributed by atoms with Crippen LogP contribution in [0.15, 0.2) is 24.3 Å². The van der Waals surface area contributed by atoms with E-state index < -0.39 is 0 Å². The van der Waals surface area contributed by atoms with Crippen LogP contribution >= 0.6 is 11.8 Å². The molecule has 0 saturated carbocycles. The van der Waals surface area contributed by atoms with Gasteiger partial charge in [-0.2, -0.15) is 0 Å². The number of nitrogens with zero attached hydrogens (tertiary/aromatic N) is 1. The molecule has 1 saturated heterocycles. The fourth-order valence-corrected chi connectivity index (χ4v) is 3.34. The quantitative estimate of drug-likeness (QED) is 0.777. The van der Waals surface area contributed by atoms with Gasteiger partial charge >= 0.3 is 0 Å². The van der Waals surface area contributed by atoms with Gasteiger partial charge in [-0.05, 0) is 29.9 Å². The van der Waals surface area contributed by atoms with Gasteiger partial charge in [-0.3, -0.25) is 4.79 Å². The topological polar surface area (TPSA) is 20.3 Å². The Balaban J connectivity index is 1.83. The van der Waals surface area contributed by atoms with Crippen molar-refractivity contribution >= 4 is 17.0 Å². The van der Waals surface area contributed by atoms with Crippen LogP contribution in [0.3, 0.4) is 0 Å². The number of hydrogen-bond donors (Lipinski definition) is 0. The second-order valence-corrected chi connectivity index (χ2v) is 6.78. The molecule has 1 fully saturated rings. The normalized spacial score (nSPS) is 16.2. The minimum atomic E-state index is 0.250. The van der Waals surface area contributed by atoms with Gasteiger partial charge in [0, 0.05) is 18.8 Å². The zero-order chi connectivity index (χ0) is 14.4. The van der Waals surface area contributed by atoms with Crippen molar-refractivity contribution in [3.63, 3.8) is 0 Å². The zero-order valence-corrected chi connectivity index (χ0v) is 13.4. The monoisotopic (exact) mass is 291 g/mol. The van der Waals surface area contributed by atoms with Gasteiger partial charge in [-0.25, -0.2) is 0 Å². The Morgan fingerprint density at radius 2 is 1.70 bits per heavy atom. The van der Waals surface area contributed by atoms with Gasteiger partial charge in [-0.1, -0.05) is 62.7 Å². The van der Waals surface area contributed by atoms with Crippen molar-refractivity contribution < 1.29 is 4.79 Å². The molecule has 1 amide bonds. The summed E-state index contributed by atoms with van der Waals surface area (Å²) in [5.41, 5.74) is 2.60. The summed E-state index contributed by atoms with van der Waals surface area (Å²) in [6, 6.07) is 8.66. The molecular formula is C17H25NOS. The van der Waals surface area contributed by atoms with Gasteiger partial charge < -0.3 is 4.90 Å². The van der Waals surface area contributed by atoms with Crippen molar-refractivity contribution in [2.75, 3.05) is 13.1 Å². The number of carbonyl (C=O) groups is 1. The minimum Gasteiger partial charge on any atom is -0.334 e. The first-order chi connectivity index (χ1) is 9.66. The zero-order valence-electron chi connectivity index (χ0n) is 12.6. The smallest absolute Gasteiger partial charge is 0.281 e. The van der Waals surface area contributed by atoms with Crippen LogP contribution in [0.1, 0.15) is 56.6 Å². The highest BCUT2D eigenvalue weighted by Crippen LogP contribution is 2.21. The predicted octanol–water partition coefficient (Wildman–Crippen LogP) is 5.04. The molecule has 1 aromatic rings. The second-order valence-electron chi connectivity index (χ2n) is 5.85. The molecule has 0 radical (unpaired) electrons. The standard InChI is InChI=1S/C17H25NOS/c1-14(2)16-9-7-15(8-10-16)13-20-17(19)18-11-5-3-4-6-12-18/h7-10,14H,3-6,11-13H2,1-2H3. The number of hydrogen-bond acceptors (Lipinski definition) is 2. The van der Waals surface area contributed by atoms with E-state index in [0.29, 0.717) is 5.92 Å². The highest BCUT2D eigenvalue weighted by atomic mass is 32.2. The van der Waals surface area contributed by atoms with E-state index in [-0.39, 0.29) is 5.24 Å². The third kappa shape index (κ3) is 4.55. The Kier molecular flexibility index (Phi) is 5.96. The lowest BCUT2D eigenvalue weighted by atomic mass is 10.0. The summed E-state index contributed by atoms with van der Waals surface area (Å²) >= 11 is 1.45. The van der Waals surface area contributed by atoms with E-state index >= 15 is 0 Å². The number of carbonyl (C=O) groups excluding carboxylic acids is 1. The van der Waals surface area contributed by atoms with Gasteiger partial charge in [0.1, 0.15) is 0 Å². The molecule has 3 heteroatoms. The summed E-state index contributed by atoms with van der Waals surface area (Å²) in [7, 11) is 0. The van der Waals surface area contributed by atoms with E-state index in [1.54, 1.807) is 0 Å². The first-order valence-electron chi connectivity index (χ1n) is 7.67. The van der Waals surface area contributed by atoms with Crippen LogP contribution in [0.25, 0.3) is 0 Å². The highest BCUT2D eigenvalue weighted by molar-refractivity contribution is 8.12. The van der Waals surface area contributed by atoms with E-state index in [9.17, 15) is 4.79 Å². The van der Waals surface area contributed by atoms with Gasteiger partial charge in [0.15, 0.2) is 0 Å². The maximum Gasteiger partial charge on any atom is 0.281 e. The summed E-state index contributed by atoms with van der Waals surface area (Å²) in [5.74, 6) is 1.35. The number of likely N-dealkylation sites (tertiary alicyclic amines) is 1. The van der Waals surface area contributed by atoms with Crippen molar-refractivity contribution in [3.8, 4) is 0 Å². The lowest BCUT2D eigenvalue weighted by molar-refractivity contribution is 0.225. The molecule has 0 unspecified atom stereocenters. The number of thioether (sulfide) groups is 1. The molecule has 1 heterocycles. The Morgan fingerprint density at radius 1 is 1.10 bits per heavy atom. The second kappa shape index (κ2) is 7.72. The van der Waals surface area contributed by atoms with Gasteiger partial charge in [-0.15, -0.1) is 0 Å². The fourth-order valence-electron chi connectivity index (χ4n) is 2.49. The molecule has 0 spiro atoms. The van der Waals surface area contributed by atoms with Crippen molar-refractivity contribution in [1.82, 2.24) is 4.90 Å². The maximum atomic E-state index is 12.2. The summed E-state index contributed by atoms with van der Waals surface area (Å²) in [6.07, 6.45) is 4.86. The third-order valence-corrected chi connectivity index (χ3v) is 4.86. The van der Waals surface area contributed by atoms with Crippen LogP contribution in [-0.2, 0) is 5.75 Å². The van der Waals surface area contributed by atoms with Gasteiger partial charge in [0.25, 0.3) is 5.24 Å². The predicted molar refractivity (Wildman–Crippen MR) is 87.3 cm³/mol. The molecule has 1 aliphatic heterocycles. The molecule has 1 aromatic carbocycles. The first kappa shape index (κ1) is 15.4. The van der Waals surface area contributed by atoms with Crippen LogP contribution in [0.2, 0.25) is 0 Å². The van der Waals surface area contributed by atoms with Crippen molar-refractivity contribution in [3.05, 3.63) is 35.4 Å². The average molecular weight is 291 g/mol. The average Bonchev–Trinajstić information content (AvgIpc) is 2.74. The molecule has 1 aliphatic rings. The number of rotatable bonds is 3. The Labute approximate surface area is 126 Å². The molecule has 0 N–H and O–H groups in total. The van der Waals surface area contributed by atoms with Crippen LogP contribution in [0, 0.1) is 0 Å². The van der Waals surface area contributed by atoms with Crippen molar-refractivity contribution in [2.24, 2.45) is 0 Å². The summed E-state index contributed by atoms with van der Waals surface area (Å²) in [5, 5.41) is 0.250. The Hall–Kier alpha value is -0.960. The van der Waals surface area contributed by atoms with Crippen molar-refractivity contribution in [1.29, 1.82) is 0 Å². The van der Waals surface area contributed by atoms with Crippen LogP contribution in [0.4, 0.5) is 4.79 Å². The number of amides is 1. The molecule has 2 nitrogen and oxygen atoms in total. The summed E-state index contributed by atoms with van der Waals surface area (Å²) in [6.45, 7) is 6.29. The largest absolute Gasteiger partial charge is 0.334 e. The lowest BCUT2D eigenvalue weighted by Crippen LogP contribution is -2.28. The molecule has 2 rings (SSSR count). The van der Waals surface area contributed by atoms with Gasteiger partial charge in [0.2, 0.25) is 0 Å². The molecule has 0 atom stereocenters. The minimum absolute atomic E-state index is 0.250. The van der Waals surface area contributed by atoms with Crippen LogP contribution < -0.4 is 0 Å². The third-order valence-electron chi connectivity index (χ3n) is 3.87. The summed E-state index contributed by atoms with van der Waals surface area (Å²) < 4.78 is 0. The molecular weight excluding hydrogens is 266 g/mol. The fraction of sp³-hybridized carbons (Fsp3) is 0.588. The molecule has 0 bridgehead atoms. The summed E-state index contributed by atoms with van der Waals surface area (Å²) in [4.78, 5) is 14.2. The van der Waals surface area contributed by atoms with E-state index in [1.165, 1.54) is 35.7 Å². The molecule has 20 heavy (non-hydrogen) atoms. The van der Waals surface area contributed by atoms with Crippen LogP contribution in [-0.4, -0.2) is 23.2 Å². The van der Waals surface area contributed by atoms with E-state index in [4.69, 9.17) is 0 Å². The maximum absolute atomic E-state index is 12.2. The van der Waals surface area contributed by atoms with Crippen molar-refractivity contribution in [2.45, 2.75) is 51.2 Å². The van der Waals surface area contributed by atoms with Gasteiger partial charge in [0.05, 0.1) is 0 Å². The molecule has 0 aliphatic carbocycles. The highest BCUT2D eigenvalue weighted by Gasteiger charge is 2.15. The Morgan fingerprint density at radius 3 is 2.25 bits per heavy atom. The van der Waals surface area contributed by atoms with E-state index in [0.717, 1.165) is 31.7 Å². The molecule has 0 aromatic heterocycles. The van der Waals surface area contributed by atoms with Crippen LogP contribution in [0.5, 0.6) is 0 Å². The number of benzene rings is 1. The van der Waals surface area contributed by atoms with E-state index in [1.807, 2.05) is 4.90 Å². The lowest BCUT2D eigenvalue weighted by Gasteiger charge is -2.19. The Bertz CT molecular complexity index is 419.